The summed E-state index contributed by atoms with van der Waals surface area (Å²) < 4.78 is 0. The molecule has 1 rings (SSSR count). The van der Waals surface area contributed by atoms with Gasteiger partial charge in [0.2, 0.25) is 0 Å². The molecular formula is C13H18N2. The molecule has 1 unspecified atom stereocenters. The Morgan fingerprint density at radius 1 is 1.40 bits per heavy atom. The van der Waals surface area contributed by atoms with Crippen molar-refractivity contribution in [3.05, 3.63) is 29.8 Å². The average Bonchev–Trinajstić information content (AvgIpc) is 2.29. The van der Waals surface area contributed by atoms with Gasteiger partial charge in [-0.25, -0.2) is 0 Å². The van der Waals surface area contributed by atoms with E-state index in [4.69, 9.17) is 5.26 Å². The number of hydrogen-bond donors (Lipinski definition) is 1. The highest BCUT2D eigenvalue weighted by Gasteiger charge is 2.04. The molecule has 0 aliphatic carbocycles. The molecule has 1 aromatic rings. The minimum atomic E-state index is 0.266. The maximum absolute atomic E-state index is 8.66. The first-order valence-electron chi connectivity index (χ1n) is 5.52. The number of rotatable bonds is 5. The summed E-state index contributed by atoms with van der Waals surface area (Å²) in [4.78, 5) is 0. The maximum atomic E-state index is 8.66. The summed E-state index contributed by atoms with van der Waals surface area (Å²) in [5.41, 5.74) is 2.45. The van der Waals surface area contributed by atoms with Gasteiger partial charge < -0.3 is 5.32 Å². The Labute approximate surface area is 91.9 Å². The predicted molar refractivity (Wildman–Crippen MR) is 63.8 cm³/mol. The van der Waals surface area contributed by atoms with Gasteiger partial charge in [0.1, 0.15) is 0 Å². The summed E-state index contributed by atoms with van der Waals surface area (Å²) >= 11 is 0. The molecule has 2 heteroatoms. The van der Waals surface area contributed by atoms with E-state index < -0.39 is 0 Å². The zero-order chi connectivity index (χ0) is 11.1. The normalized spacial score (nSPS) is 11.8. The van der Waals surface area contributed by atoms with E-state index in [0.717, 1.165) is 18.5 Å². The molecule has 2 nitrogen and oxygen atoms in total. The molecule has 0 fully saturated rings. The van der Waals surface area contributed by atoms with Gasteiger partial charge in [-0.2, -0.15) is 5.26 Å². The number of nitrogens with one attached hydrogen (secondary N) is 1. The van der Waals surface area contributed by atoms with E-state index in [2.05, 4.69) is 49.5 Å². The quantitative estimate of drug-likeness (QED) is 0.794. The molecule has 0 aliphatic rings. The molecule has 0 aliphatic heterocycles. The summed E-state index contributed by atoms with van der Waals surface area (Å²) in [7, 11) is 0. The van der Waals surface area contributed by atoms with Crippen molar-refractivity contribution >= 4 is 5.69 Å². The van der Waals surface area contributed by atoms with Crippen LogP contribution in [0.2, 0.25) is 0 Å². The monoisotopic (exact) mass is 202 g/mol. The number of hydrogen-bond acceptors (Lipinski definition) is 2. The lowest BCUT2D eigenvalue weighted by atomic mass is 10.1. The third kappa shape index (κ3) is 3.63. The molecule has 0 spiro atoms. The third-order valence-electron chi connectivity index (χ3n) is 2.54. The smallest absolute Gasteiger partial charge is 0.0643 e. The molecule has 1 N–H and O–H groups in total. The number of nitrogens with zero attached hydrogens (tertiary/aromatic N) is 1. The van der Waals surface area contributed by atoms with Gasteiger partial charge in [-0.1, -0.05) is 26.0 Å². The highest BCUT2D eigenvalue weighted by Crippen LogP contribution is 2.14. The van der Waals surface area contributed by atoms with Crippen LogP contribution in [0.3, 0.4) is 0 Å². The van der Waals surface area contributed by atoms with Crippen molar-refractivity contribution in [1.82, 2.24) is 0 Å². The zero-order valence-electron chi connectivity index (χ0n) is 9.46. The van der Waals surface area contributed by atoms with E-state index in [-0.39, 0.29) is 6.04 Å². The Hall–Kier alpha value is -1.49. The molecule has 1 atom stereocenters. The van der Waals surface area contributed by atoms with Crippen molar-refractivity contribution in [2.75, 3.05) is 5.32 Å². The van der Waals surface area contributed by atoms with Crippen molar-refractivity contribution < 1.29 is 0 Å². The van der Waals surface area contributed by atoms with Gasteiger partial charge in [0.05, 0.1) is 12.5 Å². The Bertz CT molecular complexity index is 339. The number of benzene rings is 1. The van der Waals surface area contributed by atoms with Crippen molar-refractivity contribution in [3.63, 3.8) is 0 Å². The van der Waals surface area contributed by atoms with E-state index in [0.29, 0.717) is 6.42 Å². The molecule has 0 amide bonds. The molecule has 80 valence electrons. The molecule has 0 saturated carbocycles. The fraction of sp³-hybridized carbons (Fsp3) is 0.462. The standard InChI is InChI=1S/C13H18N2/c1-3-11-6-5-7-13(10-11)15-12(4-2)8-9-14/h5-7,10,12,15H,3-4,8H2,1-2H3. The van der Waals surface area contributed by atoms with Crippen LogP contribution < -0.4 is 5.32 Å². The molecule has 1 aromatic carbocycles. The molecule has 0 heterocycles. The lowest BCUT2D eigenvalue weighted by molar-refractivity contribution is 0.711. The van der Waals surface area contributed by atoms with Crippen molar-refractivity contribution in [2.24, 2.45) is 0 Å². The van der Waals surface area contributed by atoms with Crippen molar-refractivity contribution in [1.29, 1.82) is 5.26 Å². The molecule has 0 saturated heterocycles. The van der Waals surface area contributed by atoms with Gasteiger partial charge in [0.25, 0.3) is 0 Å². The van der Waals surface area contributed by atoms with E-state index in [9.17, 15) is 0 Å². The maximum Gasteiger partial charge on any atom is 0.0643 e. The Kier molecular flexibility index (Phi) is 4.70. The van der Waals surface area contributed by atoms with E-state index in [1.54, 1.807) is 0 Å². The number of aryl methyl sites for hydroxylation is 1. The second-order valence-electron chi connectivity index (χ2n) is 3.67. The minimum Gasteiger partial charge on any atom is -0.381 e. The third-order valence-corrected chi connectivity index (χ3v) is 2.54. The second kappa shape index (κ2) is 6.08. The first-order chi connectivity index (χ1) is 7.30. The van der Waals surface area contributed by atoms with Crippen LogP contribution in [0.1, 0.15) is 32.3 Å². The van der Waals surface area contributed by atoms with Crippen molar-refractivity contribution in [2.45, 2.75) is 39.2 Å². The van der Waals surface area contributed by atoms with E-state index >= 15 is 0 Å². The van der Waals surface area contributed by atoms with Crippen LogP contribution in [0, 0.1) is 11.3 Å². The minimum absolute atomic E-state index is 0.266. The van der Waals surface area contributed by atoms with Crippen LogP contribution in [0.15, 0.2) is 24.3 Å². The fourth-order valence-electron chi connectivity index (χ4n) is 1.52. The van der Waals surface area contributed by atoms with Crippen LogP contribution in [0.5, 0.6) is 0 Å². The highest BCUT2D eigenvalue weighted by molar-refractivity contribution is 5.46. The van der Waals surface area contributed by atoms with Crippen LogP contribution in [0.4, 0.5) is 5.69 Å². The summed E-state index contributed by atoms with van der Waals surface area (Å²) in [6.45, 7) is 4.24. The molecule has 0 radical (unpaired) electrons. The van der Waals surface area contributed by atoms with Crippen LogP contribution >= 0.6 is 0 Å². The van der Waals surface area contributed by atoms with Gasteiger partial charge in [-0.3, -0.25) is 0 Å². The predicted octanol–water partition coefficient (Wildman–Crippen LogP) is 3.35. The van der Waals surface area contributed by atoms with Crippen LogP contribution in [-0.2, 0) is 6.42 Å². The first-order valence-corrected chi connectivity index (χ1v) is 5.52. The van der Waals surface area contributed by atoms with Crippen molar-refractivity contribution in [3.8, 4) is 6.07 Å². The summed E-state index contributed by atoms with van der Waals surface area (Å²) in [6.07, 6.45) is 2.58. The fourth-order valence-corrected chi connectivity index (χ4v) is 1.52. The van der Waals surface area contributed by atoms with Gasteiger partial charge in [0.15, 0.2) is 0 Å². The average molecular weight is 202 g/mol. The Morgan fingerprint density at radius 2 is 2.20 bits per heavy atom. The van der Waals surface area contributed by atoms with E-state index in [1.165, 1.54) is 5.56 Å². The van der Waals surface area contributed by atoms with Gasteiger partial charge in [-0.05, 0) is 30.5 Å². The first kappa shape index (κ1) is 11.6. The van der Waals surface area contributed by atoms with Gasteiger partial charge >= 0.3 is 0 Å². The second-order valence-corrected chi connectivity index (χ2v) is 3.67. The molecule has 0 aromatic heterocycles. The molecule has 0 bridgehead atoms. The number of anilines is 1. The SMILES string of the molecule is CCc1cccc(NC(CC)CC#N)c1. The van der Waals surface area contributed by atoms with Crippen LogP contribution in [-0.4, -0.2) is 6.04 Å². The largest absolute Gasteiger partial charge is 0.381 e. The molecule has 15 heavy (non-hydrogen) atoms. The van der Waals surface area contributed by atoms with Gasteiger partial charge in [-0.15, -0.1) is 0 Å². The Balaban J connectivity index is 2.66. The summed E-state index contributed by atoms with van der Waals surface area (Å²) in [5, 5.41) is 12.0. The van der Waals surface area contributed by atoms with E-state index in [1.807, 2.05) is 0 Å². The van der Waals surface area contributed by atoms with Gasteiger partial charge in [0, 0.05) is 11.7 Å². The number of nitriles is 1. The molecular weight excluding hydrogens is 184 g/mol. The summed E-state index contributed by atoms with van der Waals surface area (Å²) in [5.74, 6) is 0. The lowest BCUT2D eigenvalue weighted by Crippen LogP contribution is -2.17. The topological polar surface area (TPSA) is 35.8 Å². The Morgan fingerprint density at radius 3 is 2.80 bits per heavy atom. The zero-order valence-corrected chi connectivity index (χ0v) is 9.46. The summed E-state index contributed by atoms with van der Waals surface area (Å²) in [6, 6.07) is 10.9. The highest BCUT2D eigenvalue weighted by atomic mass is 14.9. The lowest BCUT2D eigenvalue weighted by Gasteiger charge is -2.15. The van der Waals surface area contributed by atoms with Crippen LogP contribution in [0.25, 0.3) is 0 Å².